The second-order valence-corrected chi connectivity index (χ2v) is 5.86. The third-order valence-corrected chi connectivity index (χ3v) is 4.47. The van der Waals surface area contributed by atoms with Gasteiger partial charge in [-0.05, 0) is 64.1 Å². The van der Waals surface area contributed by atoms with E-state index in [4.69, 9.17) is 5.73 Å². The standard InChI is InChI=1S/C14H10BrN3S/c15-11-2-1-7-17-14(11)19-13-6-3-9-8-10(16)4-5-12(9)18-13/h1-8H,16H2. The van der Waals surface area contributed by atoms with E-state index >= 15 is 0 Å². The van der Waals surface area contributed by atoms with E-state index < -0.39 is 0 Å². The molecule has 0 fully saturated rings. The number of rotatable bonds is 2. The van der Waals surface area contributed by atoms with Gasteiger partial charge in [-0.1, -0.05) is 6.07 Å². The molecule has 2 heterocycles. The summed E-state index contributed by atoms with van der Waals surface area (Å²) in [6.45, 7) is 0. The van der Waals surface area contributed by atoms with Crippen LogP contribution in [0.2, 0.25) is 0 Å². The lowest BCUT2D eigenvalue weighted by Gasteiger charge is -2.04. The fourth-order valence-electron chi connectivity index (χ4n) is 1.73. The van der Waals surface area contributed by atoms with Crippen LogP contribution in [0.5, 0.6) is 0 Å². The molecule has 0 amide bonds. The van der Waals surface area contributed by atoms with Crippen molar-refractivity contribution in [1.29, 1.82) is 0 Å². The summed E-state index contributed by atoms with van der Waals surface area (Å²) in [5, 5.41) is 2.87. The van der Waals surface area contributed by atoms with E-state index in [-0.39, 0.29) is 0 Å². The molecule has 3 aromatic rings. The maximum absolute atomic E-state index is 5.76. The summed E-state index contributed by atoms with van der Waals surface area (Å²) >= 11 is 5.02. The number of anilines is 1. The lowest BCUT2D eigenvalue weighted by molar-refractivity contribution is 1.09. The Kier molecular flexibility index (Phi) is 3.40. The van der Waals surface area contributed by atoms with Crippen LogP contribution in [0.1, 0.15) is 0 Å². The van der Waals surface area contributed by atoms with E-state index in [0.29, 0.717) is 0 Å². The third-order valence-electron chi connectivity index (χ3n) is 2.61. The number of halogens is 1. The van der Waals surface area contributed by atoms with Gasteiger partial charge in [0.25, 0.3) is 0 Å². The Hall–Kier alpha value is -1.59. The average Bonchev–Trinajstić information content (AvgIpc) is 2.41. The van der Waals surface area contributed by atoms with E-state index in [1.165, 1.54) is 11.8 Å². The number of benzene rings is 1. The van der Waals surface area contributed by atoms with Gasteiger partial charge in [0.1, 0.15) is 10.1 Å². The highest BCUT2D eigenvalue weighted by Crippen LogP contribution is 2.31. The van der Waals surface area contributed by atoms with Crippen LogP contribution >= 0.6 is 27.7 Å². The third kappa shape index (κ3) is 2.72. The number of nitrogen functional groups attached to an aromatic ring is 1. The molecule has 0 saturated carbocycles. The van der Waals surface area contributed by atoms with Crippen LogP contribution in [0.15, 0.2) is 63.2 Å². The van der Waals surface area contributed by atoms with Crippen molar-refractivity contribution in [2.75, 3.05) is 5.73 Å². The highest BCUT2D eigenvalue weighted by molar-refractivity contribution is 9.10. The first-order valence-electron chi connectivity index (χ1n) is 5.67. The molecule has 2 aromatic heterocycles. The highest BCUT2D eigenvalue weighted by atomic mass is 79.9. The first-order chi connectivity index (χ1) is 9.22. The van der Waals surface area contributed by atoms with E-state index in [2.05, 4.69) is 25.9 Å². The van der Waals surface area contributed by atoms with Crippen LogP contribution < -0.4 is 5.73 Å². The lowest BCUT2D eigenvalue weighted by atomic mass is 10.2. The van der Waals surface area contributed by atoms with Gasteiger partial charge in [-0.15, -0.1) is 0 Å². The van der Waals surface area contributed by atoms with Crippen LogP contribution in [-0.4, -0.2) is 9.97 Å². The highest BCUT2D eigenvalue weighted by Gasteiger charge is 2.05. The fraction of sp³-hybridized carbons (Fsp3) is 0. The summed E-state index contributed by atoms with van der Waals surface area (Å²) in [5.41, 5.74) is 7.44. The molecule has 5 heteroatoms. The molecule has 0 unspecified atom stereocenters. The smallest absolute Gasteiger partial charge is 0.116 e. The van der Waals surface area contributed by atoms with Crippen molar-refractivity contribution in [2.45, 2.75) is 10.1 Å². The van der Waals surface area contributed by atoms with Crippen molar-refractivity contribution in [3.05, 3.63) is 53.1 Å². The van der Waals surface area contributed by atoms with Crippen LogP contribution in [-0.2, 0) is 0 Å². The van der Waals surface area contributed by atoms with Crippen LogP contribution in [0.4, 0.5) is 5.69 Å². The topological polar surface area (TPSA) is 51.8 Å². The number of fused-ring (bicyclic) bond motifs is 1. The number of aromatic nitrogens is 2. The SMILES string of the molecule is Nc1ccc2nc(Sc3ncccc3Br)ccc2c1. The number of hydrogen-bond acceptors (Lipinski definition) is 4. The van der Waals surface area contributed by atoms with Crippen molar-refractivity contribution in [2.24, 2.45) is 0 Å². The van der Waals surface area contributed by atoms with Gasteiger partial charge in [-0.3, -0.25) is 0 Å². The zero-order valence-electron chi connectivity index (χ0n) is 9.88. The van der Waals surface area contributed by atoms with Crippen molar-refractivity contribution in [3.63, 3.8) is 0 Å². The predicted octanol–water partition coefficient (Wildman–Crippen LogP) is 4.13. The monoisotopic (exact) mass is 331 g/mol. The first-order valence-corrected chi connectivity index (χ1v) is 7.28. The molecule has 1 aromatic carbocycles. The Bertz CT molecular complexity index is 746. The summed E-state index contributed by atoms with van der Waals surface area (Å²) in [6, 6.07) is 13.6. The zero-order chi connectivity index (χ0) is 13.2. The van der Waals surface area contributed by atoms with Gasteiger partial charge in [-0.25, -0.2) is 9.97 Å². The maximum atomic E-state index is 5.76. The van der Waals surface area contributed by atoms with Crippen molar-refractivity contribution in [1.82, 2.24) is 9.97 Å². The molecule has 0 bridgehead atoms. The molecule has 0 aliphatic heterocycles. The molecule has 0 aliphatic rings. The number of pyridine rings is 2. The van der Waals surface area contributed by atoms with E-state index in [1.807, 2.05) is 42.5 Å². The molecule has 2 N–H and O–H groups in total. The summed E-state index contributed by atoms with van der Waals surface area (Å²) < 4.78 is 0.971. The van der Waals surface area contributed by atoms with Gasteiger partial charge in [0.05, 0.1) is 9.99 Å². The molecule has 0 aliphatic carbocycles. The van der Waals surface area contributed by atoms with Crippen LogP contribution in [0.25, 0.3) is 10.9 Å². The summed E-state index contributed by atoms with van der Waals surface area (Å²) in [6.07, 6.45) is 1.77. The molecule has 94 valence electrons. The Labute approximate surface area is 123 Å². The quantitative estimate of drug-likeness (QED) is 0.717. The van der Waals surface area contributed by atoms with E-state index in [1.54, 1.807) is 6.20 Å². The maximum Gasteiger partial charge on any atom is 0.116 e. The molecule has 19 heavy (non-hydrogen) atoms. The van der Waals surface area contributed by atoms with Crippen molar-refractivity contribution >= 4 is 44.3 Å². The lowest BCUT2D eigenvalue weighted by Crippen LogP contribution is -1.88. The van der Waals surface area contributed by atoms with Gasteiger partial charge in [0.2, 0.25) is 0 Å². The molecule has 3 rings (SSSR count). The molecular formula is C14H10BrN3S. The molecule has 0 radical (unpaired) electrons. The van der Waals surface area contributed by atoms with Gasteiger partial charge >= 0.3 is 0 Å². The summed E-state index contributed by atoms with van der Waals surface area (Å²) in [7, 11) is 0. The van der Waals surface area contributed by atoms with E-state index in [0.717, 1.165) is 31.1 Å². The Morgan fingerprint density at radius 3 is 2.84 bits per heavy atom. The second-order valence-electron chi connectivity index (χ2n) is 3.99. The van der Waals surface area contributed by atoms with Gasteiger partial charge < -0.3 is 5.73 Å². The van der Waals surface area contributed by atoms with Gasteiger partial charge in [0, 0.05) is 17.3 Å². The van der Waals surface area contributed by atoms with Crippen molar-refractivity contribution in [3.8, 4) is 0 Å². The minimum absolute atomic E-state index is 0.752. The largest absolute Gasteiger partial charge is 0.399 e. The molecular weight excluding hydrogens is 322 g/mol. The van der Waals surface area contributed by atoms with Crippen LogP contribution in [0.3, 0.4) is 0 Å². The minimum Gasteiger partial charge on any atom is -0.399 e. The van der Waals surface area contributed by atoms with Gasteiger partial charge in [0.15, 0.2) is 0 Å². The normalized spacial score (nSPS) is 10.8. The van der Waals surface area contributed by atoms with Crippen LogP contribution in [0, 0.1) is 0 Å². The Morgan fingerprint density at radius 2 is 2.00 bits per heavy atom. The van der Waals surface area contributed by atoms with E-state index in [9.17, 15) is 0 Å². The average molecular weight is 332 g/mol. The minimum atomic E-state index is 0.752. The second kappa shape index (κ2) is 5.19. The number of nitrogens with zero attached hydrogens (tertiary/aromatic N) is 2. The first kappa shape index (κ1) is 12.4. The molecule has 0 atom stereocenters. The number of hydrogen-bond donors (Lipinski definition) is 1. The Balaban J connectivity index is 1.98. The van der Waals surface area contributed by atoms with Gasteiger partial charge in [-0.2, -0.15) is 0 Å². The fourth-order valence-corrected chi connectivity index (χ4v) is 2.98. The molecule has 3 nitrogen and oxygen atoms in total. The Morgan fingerprint density at radius 1 is 1.11 bits per heavy atom. The summed E-state index contributed by atoms with van der Waals surface area (Å²) in [5.74, 6) is 0. The molecule has 0 spiro atoms. The summed E-state index contributed by atoms with van der Waals surface area (Å²) in [4.78, 5) is 8.92. The number of nitrogens with two attached hydrogens (primary N) is 1. The van der Waals surface area contributed by atoms with Crippen molar-refractivity contribution < 1.29 is 0 Å². The molecule has 0 saturated heterocycles. The predicted molar refractivity (Wildman–Crippen MR) is 82.2 cm³/mol. The zero-order valence-corrected chi connectivity index (χ0v) is 12.3.